The Morgan fingerprint density at radius 3 is 0.928 bits per heavy atom. The van der Waals surface area contributed by atoms with E-state index in [1.807, 2.05) is 0 Å². The van der Waals surface area contributed by atoms with Crippen molar-refractivity contribution in [3.63, 3.8) is 0 Å². The van der Waals surface area contributed by atoms with Crippen molar-refractivity contribution in [1.29, 1.82) is 0 Å². The number of esters is 3. The monoisotopic (exact) mass is 959 g/mol. The van der Waals surface area contributed by atoms with Crippen molar-refractivity contribution in [1.82, 2.24) is 0 Å². The molecule has 0 saturated heterocycles. The Balaban J connectivity index is 4.14. The summed E-state index contributed by atoms with van der Waals surface area (Å²) in [6, 6.07) is 0. The number of carbonyl (C=O) groups is 3. The van der Waals surface area contributed by atoms with Gasteiger partial charge in [-0.05, 0) is 103 Å². The lowest BCUT2D eigenvalue weighted by Gasteiger charge is -2.18. The lowest BCUT2D eigenvalue weighted by atomic mass is 10.1. The number of hydrogen-bond donors (Lipinski definition) is 0. The molecule has 0 aliphatic carbocycles. The van der Waals surface area contributed by atoms with Crippen LogP contribution in [-0.2, 0) is 28.6 Å². The third-order valence-electron chi connectivity index (χ3n) is 12.1. The van der Waals surface area contributed by atoms with Crippen molar-refractivity contribution >= 4 is 17.9 Å². The van der Waals surface area contributed by atoms with Crippen LogP contribution in [0.2, 0.25) is 0 Å². The van der Waals surface area contributed by atoms with Crippen molar-refractivity contribution in [2.45, 2.75) is 271 Å². The quantitative estimate of drug-likeness (QED) is 0.0262. The first kappa shape index (κ1) is 65.3. The molecule has 0 aliphatic heterocycles. The van der Waals surface area contributed by atoms with E-state index < -0.39 is 6.10 Å². The van der Waals surface area contributed by atoms with E-state index >= 15 is 0 Å². The number of unbranched alkanes of at least 4 members (excludes halogenated alkanes) is 24. The maximum Gasteiger partial charge on any atom is 0.306 e. The molecular formula is C63H106O6. The van der Waals surface area contributed by atoms with E-state index in [0.29, 0.717) is 19.3 Å². The van der Waals surface area contributed by atoms with E-state index in [1.165, 1.54) is 103 Å². The Kier molecular flexibility index (Phi) is 53.9. The fourth-order valence-corrected chi connectivity index (χ4v) is 7.77. The highest BCUT2D eigenvalue weighted by atomic mass is 16.6. The Morgan fingerprint density at radius 1 is 0.304 bits per heavy atom. The third-order valence-corrected chi connectivity index (χ3v) is 12.1. The molecule has 1 unspecified atom stereocenters. The predicted molar refractivity (Wildman–Crippen MR) is 297 cm³/mol. The van der Waals surface area contributed by atoms with Gasteiger partial charge in [-0.3, -0.25) is 14.4 Å². The van der Waals surface area contributed by atoms with Crippen LogP contribution in [0.3, 0.4) is 0 Å². The highest BCUT2D eigenvalue weighted by Crippen LogP contribution is 2.15. The van der Waals surface area contributed by atoms with Gasteiger partial charge in [-0.15, -0.1) is 0 Å². The first-order valence-corrected chi connectivity index (χ1v) is 28.7. The van der Waals surface area contributed by atoms with Gasteiger partial charge in [0.1, 0.15) is 13.2 Å². The first-order valence-electron chi connectivity index (χ1n) is 28.7. The van der Waals surface area contributed by atoms with E-state index in [-0.39, 0.29) is 31.1 Å². The average molecular weight is 960 g/mol. The number of ether oxygens (including phenoxy) is 3. The van der Waals surface area contributed by atoms with Crippen LogP contribution >= 0.6 is 0 Å². The number of hydrogen-bond acceptors (Lipinski definition) is 6. The maximum atomic E-state index is 12.8. The lowest BCUT2D eigenvalue weighted by molar-refractivity contribution is -0.167. The third kappa shape index (κ3) is 55.1. The zero-order valence-electron chi connectivity index (χ0n) is 45.0. The van der Waals surface area contributed by atoms with Crippen molar-refractivity contribution < 1.29 is 28.6 Å². The molecule has 0 spiro atoms. The van der Waals surface area contributed by atoms with Crippen LogP contribution < -0.4 is 0 Å². The summed E-state index contributed by atoms with van der Waals surface area (Å²) in [5.41, 5.74) is 0. The van der Waals surface area contributed by atoms with Crippen molar-refractivity contribution in [2.24, 2.45) is 0 Å². The van der Waals surface area contributed by atoms with Crippen LogP contribution in [0.5, 0.6) is 0 Å². The molecule has 6 heteroatoms. The summed E-state index contributed by atoms with van der Waals surface area (Å²) < 4.78 is 16.8. The van der Waals surface area contributed by atoms with Gasteiger partial charge >= 0.3 is 17.9 Å². The molecule has 0 aromatic carbocycles. The molecule has 6 nitrogen and oxygen atoms in total. The zero-order valence-corrected chi connectivity index (χ0v) is 45.0. The molecule has 1 atom stereocenters. The standard InChI is InChI=1S/C63H106O6/c1-4-7-10-13-16-19-21-23-24-25-26-27-28-29-30-31-32-33-34-35-36-37-38-39-40-41-43-44-47-50-53-56-62(65)68-59-60(58-67-61(64)55-52-49-46-18-15-12-9-6-3)69-63(66)57-54-51-48-45-42-22-20-17-14-11-8-5-2/h7,10,16-17,19-20,23-24,26-27,29-30,32-33,35-36,60H,4-6,8-9,11-15,18,21-22,25,28,31,34,37-59H2,1-3H3/b10-7-,19-16-,20-17-,24-23-,27-26-,30-29-,33-32-,36-35-. The normalized spacial score (nSPS) is 12.8. The highest BCUT2D eigenvalue weighted by Gasteiger charge is 2.19. The van der Waals surface area contributed by atoms with Gasteiger partial charge in [-0.1, -0.05) is 240 Å². The minimum Gasteiger partial charge on any atom is -0.462 e. The van der Waals surface area contributed by atoms with Crippen molar-refractivity contribution in [2.75, 3.05) is 13.2 Å². The van der Waals surface area contributed by atoms with Crippen molar-refractivity contribution in [3.8, 4) is 0 Å². The van der Waals surface area contributed by atoms with Gasteiger partial charge in [-0.25, -0.2) is 0 Å². The molecule has 0 aromatic heterocycles. The smallest absolute Gasteiger partial charge is 0.306 e. The summed E-state index contributed by atoms with van der Waals surface area (Å²) in [6.07, 6.45) is 75.6. The largest absolute Gasteiger partial charge is 0.462 e. The van der Waals surface area contributed by atoms with E-state index in [1.54, 1.807) is 0 Å². The van der Waals surface area contributed by atoms with Crippen LogP contribution in [-0.4, -0.2) is 37.2 Å². The Bertz CT molecular complexity index is 1380. The van der Waals surface area contributed by atoms with Crippen LogP contribution in [0.15, 0.2) is 97.2 Å². The number of allylic oxidation sites excluding steroid dienone is 16. The van der Waals surface area contributed by atoms with Gasteiger partial charge in [-0.2, -0.15) is 0 Å². The van der Waals surface area contributed by atoms with Gasteiger partial charge in [0, 0.05) is 19.3 Å². The summed E-state index contributed by atoms with van der Waals surface area (Å²) in [5, 5.41) is 0. The summed E-state index contributed by atoms with van der Waals surface area (Å²) in [5.74, 6) is -0.900. The fourth-order valence-electron chi connectivity index (χ4n) is 7.77. The van der Waals surface area contributed by atoms with E-state index in [0.717, 1.165) is 122 Å². The second kappa shape index (κ2) is 56.9. The molecule has 0 bridgehead atoms. The van der Waals surface area contributed by atoms with Crippen molar-refractivity contribution in [3.05, 3.63) is 97.2 Å². The lowest BCUT2D eigenvalue weighted by Crippen LogP contribution is -2.30. The molecular weight excluding hydrogens is 853 g/mol. The van der Waals surface area contributed by atoms with E-state index in [9.17, 15) is 14.4 Å². The molecule has 0 aromatic rings. The Labute approximate surface area is 426 Å². The highest BCUT2D eigenvalue weighted by molar-refractivity contribution is 5.71. The first-order chi connectivity index (χ1) is 34.0. The second-order valence-electron chi connectivity index (χ2n) is 18.8. The average Bonchev–Trinajstić information content (AvgIpc) is 3.35. The van der Waals surface area contributed by atoms with Gasteiger partial charge in [0.2, 0.25) is 0 Å². The van der Waals surface area contributed by atoms with Gasteiger partial charge in [0.25, 0.3) is 0 Å². The zero-order chi connectivity index (χ0) is 50.0. The van der Waals surface area contributed by atoms with Gasteiger partial charge in [0.05, 0.1) is 0 Å². The summed E-state index contributed by atoms with van der Waals surface area (Å²) in [4.78, 5) is 37.9. The van der Waals surface area contributed by atoms with E-state index in [4.69, 9.17) is 14.2 Å². The molecule has 0 amide bonds. The predicted octanol–water partition coefficient (Wildman–Crippen LogP) is 19.3. The van der Waals surface area contributed by atoms with Gasteiger partial charge < -0.3 is 14.2 Å². The van der Waals surface area contributed by atoms with Crippen LogP contribution in [0.1, 0.15) is 265 Å². The van der Waals surface area contributed by atoms with Crippen LogP contribution in [0.4, 0.5) is 0 Å². The fraction of sp³-hybridized carbons (Fsp3) is 0.698. The molecule has 0 saturated carbocycles. The molecule has 0 N–H and O–H groups in total. The number of carbonyl (C=O) groups excluding carboxylic acids is 3. The molecule has 0 fully saturated rings. The number of rotatable bonds is 51. The Morgan fingerprint density at radius 2 is 0.565 bits per heavy atom. The molecule has 394 valence electrons. The minimum absolute atomic E-state index is 0.0808. The Hall–Kier alpha value is -3.67. The van der Waals surface area contributed by atoms with Crippen LogP contribution in [0, 0.1) is 0 Å². The molecule has 0 rings (SSSR count). The van der Waals surface area contributed by atoms with Crippen LogP contribution in [0.25, 0.3) is 0 Å². The minimum atomic E-state index is -0.780. The topological polar surface area (TPSA) is 78.9 Å². The van der Waals surface area contributed by atoms with E-state index in [2.05, 4.69) is 118 Å². The molecule has 0 radical (unpaired) electrons. The molecule has 0 heterocycles. The SMILES string of the molecule is CC/C=C\C/C=C\C/C=C\C/C=C\C/C=C\C/C=C\C/C=C\CCCCCCCCCCCC(=O)OCC(COC(=O)CCCCCCCCCC)OC(=O)CCCCCCC/C=C\CCCCC. The summed E-state index contributed by atoms with van der Waals surface area (Å²) in [6.45, 7) is 6.46. The molecule has 69 heavy (non-hydrogen) atoms. The summed E-state index contributed by atoms with van der Waals surface area (Å²) >= 11 is 0. The second-order valence-corrected chi connectivity index (χ2v) is 18.8. The van der Waals surface area contributed by atoms with Gasteiger partial charge in [0.15, 0.2) is 6.10 Å². The summed E-state index contributed by atoms with van der Waals surface area (Å²) in [7, 11) is 0. The maximum absolute atomic E-state index is 12.8. The molecule has 0 aliphatic rings.